The summed E-state index contributed by atoms with van der Waals surface area (Å²) in [5.74, 6) is 0.274. The minimum atomic E-state index is 0.274. The zero-order chi connectivity index (χ0) is 11.0. The van der Waals surface area contributed by atoms with Gasteiger partial charge in [-0.15, -0.1) is 0 Å². The number of fused-ring (bicyclic) bond motifs is 2. The summed E-state index contributed by atoms with van der Waals surface area (Å²) in [5, 5.41) is 3.45. The maximum atomic E-state index is 12.0. The van der Waals surface area contributed by atoms with Crippen molar-refractivity contribution < 1.29 is 9.53 Å². The van der Waals surface area contributed by atoms with E-state index >= 15 is 0 Å². The number of likely N-dealkylation sites (tertiary alicyclic amines) is 1. The molecule has 5 heteroatoms. The molecule has 3 saturated heterocycles. The lowest BCUT2D eigenvalue weighted by Gasteiger charge is -2.31. The number of amides is 1. The molecule has 0 unspecified atom stereocenters. The van der Waals surface area contributed by atoms with Crippen molar-refractivity contribution in [3.05, 3.63) is 0 Å². The van der Waals surface area contributed by atoms with Gasteiger partial charge >= 0.3 is 0 Å². The first-order valence-electron chi connectivity index (χ1n) is 6.16. The van der Waals surface area contributed by atoms with Crippen molar-refractivity contribution in [1.82, 2.24) is 15.1 Å². The van der Waals surface area contributed by atoms with Crippen LogP contribution in [0.2, 0.25) is 0 Å². The Bertz CT molecular complexity index is 278. The molecule has 2 bridgehead atoms. The molecule has 16 heavy (non-hydrogen) atoms. The lowest BCUT2D eigenvalue weighted by molar-refractivity contribution is -0.136. The molecule has 0 saturated carbocycles. The molecule has 0 spiro atoms. The fourth-order valence-corrected chi connectivity index (χ4v) is 2.93. The number of ether oxygens (including phenoxy) is 1. The lowest BCUT2D eigenvalue weighted by Crippen LogP contribution is -2.50. The van der Waals surface area contributed by atoms with Crippen LogP contribution in [0.1, 0.15) is 6.42 Å². The number of nitrogens with zero attached hydrogens (tertiary/aromatic N) is 2. The zero-order valence-corrected chi connectivity index (χ0v) is 9.52. The second-order valence-electron chi connectivity index (χ2n) is 4.92. The van der Waals surface area contributed by atoms with Crippen LogP contribution in [0.15, 0.2) is 0 Å². The van der Waals surface area contributed by atoms with Crippen molar-refractivity contribution >= 4 is 5.91 Å². The summed E-state index contributed by atoms with van der Waals surface area (Å²) in [6, 6.07) is 1.22. The molecule has 0 radical (unpaired) electrons. The maximum absolute atomic E-state index is 12.0. The van der Waals surface area contributed by atoms with Crippen molar-refractivity contribution in [2.24, 2.45) is 0 Å². The Morgan fingerprint density at radius 2 is 2.19 bits per heavy atom. The van der Waals surface area contributed by atoms with Crippen LogP contribution in [0, 0.1) is 0 Å². The minimum absolute atomic E-state index is 0.274. The van der Waals surface area contributed by atoms with Crippen molar-refractivity contribution in [3.63, 3.8) is 0 Å². The fraction of sp³-hybridized carbons (Fsp3) is 0.909. The number of nitrogens with one attached hydrogen (secondary N) is 1. The number of piperazine rings is 1. The molecule has 0 aromatic heterocycles. The quantitative estimate of drug-likeness (QED) is 0.647. The number of rotatable bonds is 2. The van der Waals surface area contributed by atoms with Gasteiger partial charge in [0.25, 0.3) is 0 Å². The highest BCUT2D eigenvalue weighted by molar-refractivity contribution is 5.78. The van der Waals surface area contributed by atoms with E-state index < -0.39 is 0 Å². The minimum Gasteiger partial charge on any atom is -0.378 e. The van der Waals surface area contributed by atoms with Crippen molar-refractivity contribution in [1.29, 1.82) is 0 Å². The standard InChI is InChI=1S/C11H19N3O2/c15-11(13-1-3-16-4-2-13)8-14-7-9-5-10(14)6-12-9/h9-10,12H,1-8H2/t9-,10-/m0/s1. The molecule has 3 rings (SSSR count). The van der Waals surface area contributed by atoms with Gasteiger partial charge in [-0.1, -0.05) is 0 Å². The summed E-state index contributed by atoms with van der Waals surface area (Å²) in [6.07, 6.45) is 1.22. The average Bonchev–Trinajstić information content (AvgIpc) is 2.92. The van der Waals surface area contributed by atoms with Crippen molar-refractivity contribution in [2.45, 2.75) is 18.5 Å². The van der Waals surface area contributed by atoms with E-state index in [1.165, 1.54) is 6.42 Å². The average molecular weight is 225 g/mol. The molecule has 3 aliphatic rings. The zero-order valence-electron chi connectivity index (χ0n) is 9.52. The van der Waals surface area contributed by atoms with E-state index in [0.717, 1.165) is 26.2 Å². The second-order valence-corrected chi connectivity index (χ2v) is 4.92. The van der Waals surface area contributed by atoms with Crippen LogP contribution in [0.25, 0.3) is 0 Å². The third kappa shape index (κ3) is 1.95. The van der Waals surface area contributed by atoms with Crippen LogP contribution in [0.4, 0.5) is 0 Å². The normalized spacial score (nSPS) is 34.6. The number of carbonyl (C=O) groups excluding carboxylic acids is 1. The molecule has 1 N–H and O–H groups in total. The topological polar surface area (TPSA) is 44.8 Å². The van der Waals surface area contributed by atoms with Crippen LogP contribution >= 0.6 is 0 Å². The van der Waals surface area contributed by atoms with Crippen LogP contribution in [0.5, 0.6) is 0 Å². The molecule has 0 aliphatic carbocycles. The Labute approximate surface area is 95.7 Å². The van der Waals surface area contributed by atoms with Crippen LogP contribution in [0.3, 0.4) is 0 Å². The summed E-state index contributed by atoms with van der Waals surface area (Å²) >= 11 is 0. The van der Waals surface area contributed by atoms with Crippen LogP contribution < -0.4 is 5.32 Å². The molecule has 2 atom stereocenters. The molecule has 0 aromatic rings. The first-order valence-corrected chi connectivity index (χ1v) is 6.16. The first-order chi connectivity index (χ1) is 7.83. The van der Waals surface area contributed by atoms with Gasteiger partial charge < -0.3 is 15.0 Å². The molecule has 3 heterocycles. The van der Waals surface area contributed by atoms with Gasteiger partial charge in [0.2, 0.25) is 5.91 Å². The van der Waals surface area contributed by atoms with E-state index in [0.29, 0.717) is 31.8 Å². The summed E-state index contributed by atoms with van der Waals surface area (Å²) in [5.41, 5.74) is 0. The monoisotopic (exact) mass is 225 g/mol. The molecule has 90 valence electrons. The van der Waals surface area contributed by atoms with Gasteiger partial charge in [0, 0.05) is 38.3 Å². The molecule has 3 aliphatic heterocycles. The fourth-order valence-electron chi connectivity index (χ4n) is 2.93. The van der Waals surface area contributed by atoms with E-state index in [2.05, 4.69) is 10.2 Å². The third-order valence-corrected chi connectivity index (χ3v) is 3.87. The Balaban J connectivity index is 1.52. The summed E-state index contributed by atoms with van der Waals surface area (Å²) in [7, 11) is 0. The summed E-state index contributed by atoms with van der Waals surface area (Å²) in [6.45, 7) is 5.61. The van der Waals surface area contributed by atoms with Gasteiger partial charge in [-0.3, -0.25) is 9.69 Å². The van der Waals surface area contributed by atoms with E-state index in [4.69, 9.17) is 4.74 Å². The molecule has 5 nitrogen and oxygen atoms in total. The molecule has 1 amide bonds. The molecule has 0 aromatic carbocycles. The predicted octanol–water partition coefficient (Wildman–Crippen LogP) is -1.11. The Hall–Kier alpha value is -0.650. The molecule has 3 fully saturated rings. The Morgan fingerprint density at radius 1 is 1.38 bits per heavy atom. The number of carbonyl (C=O) groups is 1. The van der Waals surface area contributed by atoms with Gasteiger partial charge in [-0.05, 0) is 6.42 Å². The largest absolute Gasteiger partial charge is 0.378 e. The predicted molar refractivity (Wildman–Crippen MR) is 59.2 cm³/mol. The van der Waals surface area contributed by atoms with Gasteiger partial charge in [-0.2, -0.15) is 0 Å². The highest BCUT2D eigenvalue weighted by atomic mass is 16.5. The summed E-state index contributed by atoms with van der Waals surface area (Å²) < 4.78 is 5.25. The summed E-state index contributed by atoms with van der Waals surface area (Å²) in [4.78, 5) is 16.3. The van der Waals surface area contributed by atoms with E-state index in [1.807, 2.05) is 4.90 Å². The van der Waals surface area contributed by atoms with Gasteiger partial charge in [0.15, 0.2) is 0 Å². The molecular weight excluding hydrogens is 206 g/mol. The highest BCUT2D eigenvalue weighted by Crippen LogP contribution is 2.22. The van der Waals surface area contributed by atoms with Gasteiger partial charge in [0.05, 0.1) is 19.8 Å². The molecular formula is C11H19N3O2. The van der Waals surface area contributed by atoms with E-state index in [9.17, 15) is 4.79 Å². The maximum Gasteiger partial charge on any atom is 0.236 e. The third-order valence-electron chi connectivity index (χ3n) is 3.87. The van der Waals surface area contributed by atoms with Crippen molar-refractivity contribution in [3.8, 4) is 0 Å². The number of morpholine rings is 1. The smallest absolute Gasteiger partial charge is 0.236 e. The number of hydrogen-bond donors (Lipinski definition) is 1. The van der Waals surface area contributed by atoms with Gasteiger partial charge in [-0.25, -0.2) is 0 Å². The van der Waals surface area contributed by atoms with Crippen LogP contribution in [-0.2, 0) is 9.53 Å². The highest BCUT2D eigenvalue weighted by Gasteiger charge is 2.38. The Kier molecular flexibility index (Phi) is 2.83. The van der Waals surface area contributed by atoms with E-state index in [1.54, 1.807) is 0 Å². The van der Waals surface area contributed by atoms with Gasteiger partial charge in [0.1, 0.15) is 0 Å². The Morgan fingerprint density at radius 3 is 2.81 bits per heavy atom. The number of hydrogen-bond acceptors (Lipinski definition) is 4. The van der Waals surface area contributed by atoms with Crippen LogP contribution in [-0.4, -0.2) is 73.7 Å². The van der Waals surface area contributed by atoms with Crippen molar-refractivity contribution in [2.75, 3.05) is 45.9 Å². The SMILES string of the molecule is O=C(CN1C[C@@H]2C[C@H]1CN2)N1CCOCC1. The second kappa shape index (κ2) is 4.31. The lowest BCUT2D eigenvalue weighted by atomic mass is 10.2. The van der Waals surface area contributed by atoms with E-state index in [-0.39, 0.29) is 5.91 Å². The first kappa shape index (κ1) is 10.5.